The Labute approximate surface area is 107 Å². The first kappa shape index (κ1) is 12.0. The van der Waals surface area contributed by atoms with E-state index in [4.69, 9.17) is 0 Å². The summed E-state index contributed by atoms with van der Waals surface area (Å²) in [5.74, 6) is 3.33. The van der Waals surface area contributed by atoms with E-state index in [-0.39, 0.29) is 0 Å². The van der Waals surface area contributed by atoms with Gasteiger partial charge in [-0.25, -0.2) is 0 Å². The van der Waals surface area contributed by atoms with Crippen molar-refractivity contribution >= 4 is 0 Å². The molecule has 1 nitrogen and oxygen atoms in total. The highest BCUT2D eigenvalue weighted by Crippen LogP contribution is 2.57. The summed E-state index contributed by atoms with van der Waals surface area (Å²) in [7, 11) is 0. The summed E-state index contributed by atoms with van der Waals surface area (Å²) in [5.41, 5.74) is 0.772. The monoisotopic (exact) mass is 236 g/mol. The number of hydrogen-bond acceptors (Lipinski definition) is 0. The van der Waals surface area contributed by atoms with E-state index in [9.17, 15) is 0 Å². The van der Waals surface area contributed by atoms with E-state index in [2.05, 4.69) is 13.8 Å². The van der Waals surface area contributed by atoms with E-state index in [1.807, 2.05) is 4.90 Å². The minimum atomic E-state index is 0.772. The molecular weight excluding hydrogens is 206 g/mol. The fourth-order valence-corrected chi connectivity index (χ4v) is 5.62. The molecule has 0 unspecified atom stereocenters. The Bertz CT molecular complexity index is 253. The van der Waals surface area contributed by atoms with Crippen LogP contribution in [0.1, 0.15) is 58.8 Å². The third-order valence-corrected chi connectivity index (χ3v) is 6.11. The predicted molar refractivity (Wildman–Crippen MR) is 72.1 cm³/mol. The standard InChI is InChI=1S/C16H29N/c1-3-17(4-2)12-16-9-13-5-6-14(10-16)8-15(7-13)11-16/h13-15H,3-12H2,1-2H3/p+1/t13-,14-,15?,16?/m1/s1. The van der Waals surface area contributed by atoms with Gasteiger partial charge in [0.2, 0.25) is 0 Å². The van der Waals surface area contributed by atoms with Gasteiger partial charge in [-0.2, -0.15) is 0 Å². The van der Waals surface area contributed by atoms with E-state index in [1.54, 1.807) is 44.9 Å². The number of hydrogen-bond donors (Lipinski definition) is 1. The third-order valence-electron chi connectivity index (χ3n) is 6.11. The van der Waals surface area contributed by atoms with Gasteiger partial charge >= 0.3 is 0 Å². The summed E-state index contributed by atoms with van der Waals surface area (Å²) in [6.07, 6.45) is 11.1. The van der Waals surface area contributed by atoms with Crippen molar-refractivity contribution in [3.8, 4) is 0 Å². The fourth-order valence-electron chi connectivity index (χ4n) is 5.62. The van der Waals surface area contributed by atoms with Crippen LogP contribution < -0.4 is 4.90 Å². The van der Waals surface area contributed by atoms with Crippen molar-refractivity contribution in [2.75, 3.05) is 19.6 Å². The SMILES string of the molecule is CC[NH+](CC)CC12CC3C[C@@H](CC[C@H](C3)C1)C2. The van der Waals surface area contributed by atoms with Crippen LogP contribution >= 0.6 is 0 Å². The molecule has 2 atom stereocenters. The molecule has 0 aromatic rings. The molecule has 0 aliphatic heterocycles. The van der Waals surface area contributed by atoms with Gasteiger partial charge in [0.25, 0.3) is 0 Å². The van der Waals surface area contributed by atoms with Gasteiger partial charge in [-0.3, -0.25) is 0 Å². The summed E-state index contributed by atoms with van der Waals surface area (Å²) in [5, 5.41) is 0. The second-order valence-electron chi connectivity index (χ2n) is 7.39. The van der Waals surface area contributed by atoms with Crippen LogP contribution in [0.2, 0.25) is 0 Å². The molecule has 0 heterocycles. The van der Waals surface area contributed by atoms with E-state index < -0.39 is 0 Å². The van der Waals surface area contributed by atoms with Gasteiger partial charge in [0.15, 0.2) is 0 Å². The Morgan fingerprint density at radius 2 is 1.41 bits per heavy atom. The summed E-state index contributed by atoms with van der Waals surface area (Å²) in [6, 6.07) is 0. The van der Waals surface area contributed by atoms with Crippen LogP contribution in [0.25, 0.3) is 0 Å². The van der Waals surface area contributed by atoms with Gasteiger partial charge in [-0.1, -0.05) is 12.8 Å². The van der Waals surface area contributed by atoms with Gasteiger partial charge in [-0.15, -0.1) is 0 Å². The zero-order valence-corrected chi connectivity index (χ0v) is 11.8. The van der Waals surface area contributed by atoms with Crippen LogP contribution in [0.5, 0.6) is 0 Å². The first-order valence-electron chi connectivity index (χ1n) is 8.06. The lowest BCUT2D eigenvalue weighted by molar-refractivity contribution is -0.904. The highest BCUT2D eigenvalue weighted by molar-refractivity contribution is 4.98. The lowest BCUT2D eigenvalue weighted by Crippen LogP contribution is -3.12. The molecule has 0 aromatic carbocycles. The number of fused-ring (bicyclic) bond motifs is 1. The van der Waals surface area contributed by atoms with Gasteiger partial charge in [-0.05, 0) is 63.7 Å². The van der Waals surface area contributed by atoms with Crippen LogP contribution in [-0.2, 0) is 0 Å². The van der Waals surface area contributed by atoms with Crippen LogP contribution in [0, 0.1) is 23.2 Å². The van der Waals surface area contributed by atoms with Gasteiger partial charge < -0.3 is 4.90 Å². The van der Waals surface area contributed by atoms with Gasteiger partial charge in [0.1, 0.15) is 0 Å². The van der Waals surface area contributed by atoms with Gasteiger partial charge in [0, 0.05) is 5.41 Å². The molecule has 4 saturated carbocycles. The highest BCUT2D eigenvalue weighted by Gasteiger charge is 2.49. The second-order valence-corrected chi connectivity index (χ2v) is 7.39. The molecule has 4 aliphatic carbocycles. The number of quaternary nitrogens is 1. The maximum absolute atomic E-state index is 2.37. The smallest absolute Gasteiger partial charge is 0.0828 e. The zero-order valence-electron chi connectivity index (χ0n) is 11.8. The Balaban J connectivity index is 1.77. The zero-order chi connectivity index (χ0) is 11.9. The first-order valence-corrected chi connectivity index (χ1v) is 8.06. The summed E-state index contributed by atoms with van der Waals surface area (Å²) < 4.78 is 0. The molecule has 98 valence electrons. The lowest BCUT2D eigenvalue weighted by Gasteiger charge is -2.48. The maximum Gasteiger partial charge on any atom is 0.0828 e. The topological polar surface area (TPSA) is 4.44 Å². The predicted octanol–water partition coefficient (Wildman–Crippen LogP) is 2.52. The van der Waals surface area contributed by atoms with Crippen molar-refractivity contribution in [3.63, 3.8) is 0 Å². The minimum Gasteiger partial charge on any atom is -0.335 e. The lowest BCUT2D eigenvalue weighted by atomic mass is 9.58. The van der Waals surface area contributed by atoms with Crippen molar-refractivity contribution in [3.05, 3.63) is 0 Å². The van der Waals surface area contributed by atoms with Gasteiger partial charge in [0.05, 0.1) is 19.6 Å². The highest BCUT2D eigenvalue weighted by atomic mass is 15.1. The molecule has 17 heavy (non-hydrogen) atoms. The summed E-state index contributed by atoms with van der Waals surface area (Å²) in [6.45, 7) is 8.89. The van der Waals surface area contributed by atoms with Crippen molar-refractivity contribution in [2.24, 2.45) is 23.2 Å². The van der Waals surface area contributed by atoms with Crippen molar-refractivity contribution < 1.29 is 4.90 Å². The van der Waals surface area contributed by atoms with Crippen molar-refractivity contribution in [1.29, 1.82) is 0 Å². The van der Waals surface area contributed by atoms with Crippen LogP contribution in [0.15, 0.2) is 0 Å². The maximum atomic E-state index is 2.37. The quantitative estimate of drug-likeness (QED) is 0.765. The number of rotatable bonds is 4. The molecule has 1 N–H and O–H groups in total. The van der Waals surface area contributed by atoms with E-state index >= 15 is 0 Å². The molecule has 0 amide bonds. The Hall–Kier alpha value is -0.0400. The molecule has 0 saturated heterocycles. The van der Waals surface area contributed by atoms with Crippen LogP contribution in [0.4, 0.5) is 0 Å². The minimum absolute atomic E-state index is 0.772. The third kappa shape index (κ3) is 2.28. The van der Waals surface area contributed by atoms with E-state index in [1.165, 1.54) is 19.6 Å². The molecule has 0 radical (unpaired) electrons. The van der Waals surface area contributed by atoms with E-state index in [0.717, 1.165) is 23.2 Å². The normalized spacial score (nSPS) is 44.3. The Morgan fingerprint density at radius 3 is 1.94 bits per heavy atom. The van der Waals surface area contributed by atoms with Crippen LogP contribution in [0.3, 0.4) is 0 Å². The molecule has 4 fully saturated rings. The molecule has 1 heteroatoms. The second kappa shape index (κ2) is 4.57. The average Bonchev–Trinajstić information content (AvgIpc) is 2.52. The fraction of sp³-hybridized carbons (Fsp3) is 1.00. The largest absolute Gasteiger partial charge is 0.335 e. The molecule has 4 rings (SSSR count). The van der Waals surface area contributed by atoms with Crippen LogP contribution in [-0.4, -0.2) is 19.6 Å². The molecule has 0 spiro atoms. The molecular formula is C16H30N+. The Kier molecular flexibility index (Phi) is 3.23. The van der Waals surface area contributed by atoms with Crippen molar-refractivity contribution in [1.82, 2.24) is 0 Å². The summed E-state index contributed by atoms with van der Waals surface area (Å²) >= 11 is 0. The Morgan fingerprint density at radius 1 is 0.882 bits per heavy atom. The molecule has 4 bridgehead atoms. The van der Waals surface area contributed by atoms with E-state index in [0.29, 0.717) is 0 Å². The molecule has 0 aromatic heterocycles. The number of nitrogens with one attached hydrogen (secondary N) is 1. The summed E-state index contributed by atoms with van der Waals surface area (Å²) in [4.78, 5) is 1.85. The van der Waals surface area contributed by atoms with Crippen molar-refractivity contribution in [2.45, 2.75) is 58.8 Å². The molecule has 4 aliphatic rings. The average molecular weight is 236 g/mol. The first-order chi connectivity index (χ1) is 8.23.